The largest absolute Gasteiger partial charge is 0.385 e. The molecule has 0 spiro atoms. The van der Waals surface area contributed by atoms with Crippen molar-refractivity contribution in [2.45, 2.75) is 51.0 Å². The van der Waals surface area contributed by atoms with Gasteiger partial charge in [0.05, 0.1) is 12.0 Å². The molecular weight excluding hydrogens is 304 g/mol. The van der Waals surface area contributed by atoms with Crippen molar-refractivity contribution in [1.82, 2.24) is 10.2 Å². The molecule has 1 aliphatic rings. The number of likely N-dealkylation sites (tertiary alicyclic amines) is 1. The molecule has 1 aromatic carbocycles. The van der Waals surface area contributed by atoms with Crippen LogP contribution in [0.1, 0.15) is 51.0 Å². The monoisotopic (exact) mass is 332 g/mol. The summed E-state index contributed by atoms with van der Waals surface area (Å²) < 4.78 is 0. The highest BCUT2D eigenvalue weighted by Crippen LogP contribution is 2.23. The van der Waals surface area contributed by atoms with Crippen molar-refractivity contribution in [3.63, 3.8) is 0 Å². The normalized spacial score (nSPS) is 17.9. The van der Waals surface area contributed by atoms with Gasteiger partial charge in [0, 0.05) is 26.1 Å². The van der Waals surface area contributed by atoms with E-state index >= 15 is 0 Å². The number of carbonyl (C=O) groups is 2. The van der Waals surface area contributed by atoms with Crippen molar-refractivity contribution in [2.24, 2.45) is 0 Å². The van der Waals surface area contributed by atoms with E-state index < -0.39 is 5.60 Å². The van der Waals surface area contributed by atoms with E-state index in [1.165, 1.54) is 0 Å². The number of aliphatic hydroxyl groups is 1. The number of nitrogens with zero attached hydrogens (tertiary/aromatic N) is 1. The molecule has 0 saturated carbocycles. The summed E-state index contributed by atoms with van der Waals surface area (Å²) in [5.74, 6) is 0.0527. The van der Waals surface area contributed by atoms with Gasteiger partial charge >= 0.3 is 0 Å². The molecule has 1 aliphatic heterocycles. The third kappa shape index (κ3) is 5.64. The zero-order chi connectivity index (χ0) is 17.4. The molecule has 1 unspecified atom stereocenters. The van der Waals surface area contributed by atoms with E-state index in [4.69, 9.17) is 0 Å². The van der Waals surface area contributed by atoms with Crippen LogP contribution in [0.4, 0.5) is 0 Å². The Kier molecular flexibility index (Phi) is 6.79. The Balaban J connectivity index is 1.70. The van der Waals surface area contributed by atoms with Gasteiger partial charge < -0.3 is 15.3 Å². The molecule has 2 amide bonds. The molecule has 0 aromatic heterocycles. The zero-order valence-corrected chi connectivity index (χ0v) is 14.5. The second-order valence-electron chi connectivity index (χ2n) is 6.71. The highest BCUT2D eigenvalue weighted by Gasteiger charge is 2.26. The fourth-order valence-electron chi connectivity index (χ4n) is 3.05. The highest BCUT2D eigenvalue weighted by atomic mass is 16.3. The minimum absolute atomic E-state index is 0.0274. The van der Waals surface area contributed by atoms with E-state index in [0.717, 1.165) is 37.8 Å². The van der Waals surface area contributed by atoms with Crippen molar-refractivity contribution in [3.05, 3.63) is 35.9 Å². The summed E-state index contributed by atoms with van der Waals surface area (Å²) in [4.78, 5) is 25.8. The van der Waals surface area contributed by atoms with E-state index in [1.54, 1.807) is 6.92 Å². The lowest BCUT2D eigenvalue weighted by atomic mass is 9.92. The molecule has 5 heteroatoms. The van der Waals surface area contributed by atoms with E-state index in [9.17, 15) is 14.7 Å². The first-order valence-electron chi connectivity index (χ1n) is 8.81. The van der Waals surface area contributed by atoms with Crippen LogP contribution in [0.3, 0.4) is 0 Å². The number of carbonyl (C=O) groups excluding carboxylic acids is 2. The summed E-state index contributed by atoms with van der Waals surface area (Å²) in [7, 11) is 0. The van der Waals surface area contributed by atoms with Gasteiger partial charge in [0.15, 0.2) is 0 Å². The average Bonchev–Trinajstić information content (AvgIpc) is 2.76. The Bertz CT molecular complexity index is 543. The summed E-state index contributed by atoms with van der Waals surface area (Å²) in [5.41, 5.74) is -0.443. The van der Waals surface area contributed by atoms with Gasteiger partial charge in [-0.05, 0) is 31.7 Å². The smallest absolute Gasteiger partial charge is 0.223 e. The fourth-order valence-corrected chi connectivity index (χ4v) is 3.05. The molecule has 0 bridgehead atoms. The molecule has 2 N–H and O–H groups in total. The maximum Gasteiger partial charge on any atom is 0.223 e. The van der Waals surface area contributed by atoms with Crippen LogP contribution in [0.2, 0.25) is 0 Å². The third-order valence-corrected chi connectivity index (χ3v) is 4.50. The molecule has 132 valence electrons. The van der Waals surface area contributed by atoms with E-state index in [-0.39, 0.29) is 18.2 Å². The van der Waals surface area contributed by atoms with E-state index in [1.807, 2.05) is 35.2 Å². The number of hydrogen-bond donors (Lipinski definition) is 2. The Morgan fingerprint density at radius 2 is 2.00 bits per heavy atom. The lowest BCUT2D eigenvalue weighted by molar-refractivity contribution is -0.130. The SMILES string of the molecule is CC(O)(CC(=O)NCCCN1CCCCCC1=O)c1ccccc1. The van der Waals surface area contributed by atoms with Crippen LogP contribution >= 0.6 is 0 Å². The van der Waals surface area contributed by atoms with Crippen molar-refractivity contribution in [3.8, 4) is 0 Å². The second kappa shape index (κ2) is 8.83. The quantitative estimate of drug-likeness (QED) is 0.752. The molecule has 0 radical (unpaired) electrons. The third-order valence-electron chi connectivity index (χ3n) is 4.50. The predicted molar refractivity (Wildman–Crippen MR) is 93.3 cm³/mol. The molecule has 1 atom stereocenters. The first kappa shape index (κ1) is 18.5. The van der Waals surface area contributed by atoms with Crippen LogP contribution in [0.25, 0.3) is 0 Å². The number of nitrogens with one attached hydrogen (secondary N) is 1. The van der Waals surface area contributed by atoms with Crippen LogP contribution in [-0.2, 0) is 15.2 Å². The van der Waals surface area contributed by atoms with Crippen LogP contribution in [0.5, 0.6) is 0 Å². The van der Waals surface area contributed by atoms with Gasteiger partial charge in [-0.3, -0.25) is 9.59 Å². The minimum atomic E-state index is -1.17. The second-order valence-corrected chi connectivity index (χ2v) is 6.71. The molecular formula is C19H28N2O3. The number of amides is 2. The summed E-state index contributed by atoms with van der Waals surface area (Å²) >= 11 is 0. The highest BCUT2D eigenvalue weighted by molar-refractivity contribution is 5.77. The fraction of sp³-hybridized carbons (Fsp3) is 0.579. The van der Waals surface area contributed by atoms with Gasteiger partial charge in [-0.2, -0.15) is 0 Å². The summed E-state index contributed by atoms with van der Waals surface area (Å²) in [6, 6.07) is 9.21. The molecule has 1 heterocycles. The van der Waals surface area contributed by atoms with Gasteiger partial charge in [-0.25, -0.2) is 0 Å². The van der Waals surface area contributed by atoms with Gasteiger partial charge in [-0.15, -0.1) is 0 Å². The molecule has 1 fully saturated rings. The topological polar surface area (TPSA) is 69.6 Å². The number of hydrogen-bond acceptors (Lipinski definition) is 3. The summed E-state index contributed by atoms with van der Waals surface area (Å²) in [6.07, 6.45) is 4.59. The number of rotatable bonds is 7. The molecule has 1 aromatic rings. The summed E-state index contributed by atoms with van der Waals surface area (Å²) in [5, 5.41) is 13.3. The first-order chi connectivity index (χ1) is 11.5. The van der Waals surface area contributed by atoms with Crippen molar-refractivity contribution in [2.75, 3.05) is 19.6 Å². The molecule has 5 nitrogen and oxygen atoms in total. The van der Waals surface area contributed by atoms with Crippen LogP contribution < -0.4 is 5.32 Å². The lowest BCUT2D eigenvalue weighted by Gasteiger charge is -2.23. The number of benzene rings is 1. The minimum Gasteiger partial charge on any atom is -0.385 e. The van der Waals surface area contributed by atoms with Crippen LogP contribution in [-0.4, -0.2) is 41.5 Å². The maximum atomic E-state index is 12.1. The molecule has 24 heavy (non-hydrogen) atoms. The zero-order valence-electron chi connectivity index (χ0n) is 14.5. The lowest BCUT2D eigenvalue weighted by Crippen LogP contribution is -2.36. The molecule has 2 rings (SSSR count). The van der Waals surface area contributed by atoms with Gasteiger partial charge in [-0.1, -0.05) is 36.8 Å². The van der Waals surface area contributed by atoms with Gasteiger partial charge in [0.2, 0.25) is 11.8 Å². The Morgan fingerprint density at radius 1 is 1.25 bits per heavy atom. The Hall–Kier alpha value is -1.88. The van der Waals surface area contributed by atoms with Gasteiger partial charge in [0.1, 0.15) is 0 Å². The standard InChI is InChI=1S/C19H28N2O3/c1-19(24,16-9-4-2-5-10-16)15-17(22)20-12-8-14-21-13-7-3-6-11-18(21)23/h2,4-5,9-10,24H,3,6-8,11-15H2,1H3,(H,20,22). The van der Waals surface area contributed by atoms with Crippen LogP contribution in [0, 0.1) is 0 Å². The summed E-state index contributed by atoms with van der Waals surface area (Å²) in [6.45, 7) is 3.69. The van der Waals surface area contributed by atoms with E-state index in [0.29, 0.717) is 19.5 Å². The Morgan fingerprint density at radius 3 is 2.75 bits per heavy atom. The predicted octanol–water partition coefficient (Wildman–Crippen LogP) is 2.19. The van der Waals surface area contributed by atoms with Crippen LogP contribution in [0.15, 0.2) is 30.3 Å². The Labute approximate surface area is 144 Å². The maximum absolute atomic E-state index is 12.1. The van der Waals surface area contributed by atoms with E-state index in [2.05, 4.69) is 5.32 Å². The van der Waals surface area contributed by atoms with Gasteiger partial charge in [0.25, 0.3) is 0 Å². The van der Waals surface area contributed by atoms with Crippen molar-refractivity contribution >= 4 is 11.8 Å². The molecule has 0 aliphatic carbocycles. The van der Waals surface area contributed by atoms with Crippen molar-refractivity contribution < 1.29 is 14.7 Å². The van der Waals surface area contributed by atoms with Crippen molar-refractivity contribution in [1.29, 1.82) is 0 Å². The average molecular weight is 332 g/mol. The first-order valence-corrected chi connectivity index (χ1v) is 8.81. The molecule has 1 saturated heterocycles.